The molecule has 1 heterocycles. The first kappa shape index (κ1) is 12.5. The number of aromatic nitrogens is 1. The Morgan fingerprint density at radius 2 is 1.80 bits per heavy atom. The molecule has 0 aliphatic heterocycles. The van der Waals surface area contributed by atoms with Gasteiger partial charge in [-0.05, 0) is 24.6 Å². The molecule has 0 fully saturated rings. The molecule has 3 nitrogen and oxygen atoms in total. The number of hydrogen-bond acceptors (Lipinski definition) is 1. The molecule has 0 atom stereocenters. The molecule has 0 spiro atoms. The Balaban J connectivity index is 2.28. The summed E-state index contributed by atoms with van der Waals surface area (Å²) in [7, 11) is 0. The van der Waals surface area contributed by atoms with Gasteiger partial charge in [0.1, 0.15) is 0 Å². The molecule has 0 saturated carbocycles. The number of aryl methyl sites for hydroxylation is 1. The molecular formula is C17H16N2O. The summed E-state index contributed by atoms with van der Waals surface area (Å²) in [5.74, 6) is -0.0822. The second kappa shape index (κ2) is 4.85. The summed E-state index contributed by atoms with van der Waals surface area (Å²) in [5.41, 5.74) is 7.15. The zero-order valence-corrected chi connectivity index (χ0v) is 11.6. The van der Waals surface area contributed by atoms with Gasteiger partial charge in [-0.15, -0.1) is 0 Å². The van der Waals surface area contributed by atoms with Crippen LogP contribution in [0.25, 0.3) is 22.2 Å². The van der Waals surface area contributed by atoms with Crippen molar-refractivity contribution in [3.8, 4) is 11.3 Å². The van der Waals surface area contributed by atoms with Crippen LogP contribution in [-0.4, -0.2) is 10.6 Å². The molecule has 0 aliphatic rings. The number of hydrogen-bond donors (Lipinski definition) is 1. The molecule has 20 heavy (non-hydrogen) atoms. The molecule has 1 aromatic heterocycles. The van der Waals surface area contributed by atoms with Gasteiger partial charge in [-0.3, -0.25) is 14.9 Å². The maximum atomic E-state index is 11.5. The van der Waals surface area contributed by atoms with E-state index < -0.39 is 0 Å². The van der Waals surface area contributed by atoms with E-state index >= 15 is 0 Å². The number of nitrogens with one attached hydrogen (secondary N) is 1. The second-order valence-electron chi connectivity index (χ2n) is 4.96. The smallest absolute Gasteiger partial charge is 0.235 e. The number of rotatable bonds is 2. The van der Waals surface area contributed by atoms with Crippen molar-refractivity contribution in [3.05, 3.63) is 60.2 Å². The monoisotopic (exact) mass is 264 g/mol. The quantitative estimate of drug-likeness (QED) is 0.752. The molecule has 0 radical (unpaired) electrons. The van der Waals surface area contributed by atoms with Gasteiger partial charge in [0.15, 0.2) is 0 Å². The van der Waals surface area contributed by atoms with Gasteiger partial charge in [-0.2, -0.15) is 0 Å². The highest BCUT2D eigenvalue weighted by atomic mass is 16.2. The van der Waals surface area contributed by atoms with E-state index in [1.807, 2.05) is 41.9 Å². The average molecular weight is 264 g/mol. The van der Waals surface area contributed by atoms with E-state index in [2.05, 4.69) is 29.7 Å². The summed E-state index contributed by atoms with van der Waals surface area (Å²) in [6.45, 7) is 3.57. The average Bonchev–Trinajstić information content (AvgIpc) is 2.77. The zero-order chi connectivity index (χ0) is 14.1. The topological polar surface area (TPSA) is 34.0 Å². The lowest BCUT2D eigenvalue weighted by Crippen LogP contribution is -2.20. The third kappa shape index (κ3) is 2.18. The molecule has 0 unspecified atom stereocenters. The van der Waals surface area contributed by atoms with E-state index in [9.17, 15) is 4.79 Å². The number of amides is 1. The van der Waals surface area contributed by atoms with Crippen molar-refractivity contribution in [2.45, 2.75) is 13.8 Å². The Labute approximate surface area is 117 Å². The van der Waals surface area contributed by atoms with Gasteiger partial charge in [0.05, 0.1) is 11.2 Å². The van der Waals surface area contributed by atoms with Gasteiger partial charge in [-0.25, -0.2) is 0 Å². The van der Waals surface area contributed by atoms with Crippen LogP contribution in [0, 0.1) is 6.92 Å². The third-order valence-corrected chi connectivity index (χ3v) is 3.30. The molecule has 3 heteroatoms. The maximum Gasteiger partial charge on any atom is 0.235 e. The van der Waals surface area contributed by atoms with E-state index in [1.54, 1.807) is 0 Å². The van der Waals surface area contributed by atoms with Crippen LogP contribution in [0.5, 0.6) is 0 Å². The minimum atomic E-state index is -0.0822. The van der Waals surface area contributed by atoms with Gasteiger partial charge in [0.25, 0.3) is 0 Å². The Kier molecular flexibility index (Phi) is 3.03. The summed E-state index contributed by atoms with van der Waals surface area (Å²) in [6.07, 6.45) is 0. The second-order valence-corrected chi connectivity index (χ2v) is 4.96. The number of fused-ring (bicyclic) bond motifs is 1. The fourth-order valence-corrected chi connectivity index (χ4v) is 2.41. The van der Waals surface area contributed by atoms with E-state index in [0.717, 1.165) is 22.2 Å². The van der Waals surface area contributed by atoms with Crippen molar-refractivity contribution in [3.63, 3.8) is 0 Å². The van der Waals surface area contributed by atoms with Crippen LogP contribution in [-0.2, 0) is 4.79 Å². The number of carbonyl (C=O) groups is 1. The first-order valence-electron chi connectivity index (χ1n) is 6.60. The molecule has 1 amide bonds. The third-order valence-electron chi connectivity index (χ3n) is 3.30. The van der Waals surface area contributed by atoms with Gasteiger partial charge < -0.3 is 0 Å². The molecule has 1 N–H and O–H groups in total. The van der Waals surface area contributed by atoms with E-state index in [4.69, 9.17) is 0 Å². The van der Waals surface area contributed by atoms with Crippen LogP contribution in [0.3, 0.4) is 0 Å². The summed E-state index contributed by atoms with van der Waals surface area (Å²) >= 11 is 0. The van der Waals surface area contributed by atoms with Gasteiger partial charge in [0.2, 0.25) is 5.91 Å². The minimum absolute atomic E-state index is 0.0822. The van der Waals surface area contributed by atoms with Crippen LogP contribution in [0.4, 0.5) is 0 Å². The van der Waals surface area contributed by atoms with Crippen molar-refractivity contribution < 1.29 is 4.79 Å². The molecule has 3 rings (SSSR count). The molecule has 0 saturated heterocycles. The van der Waals surface area contributed by atoms with Crippen molar-refractivity contribution in [2.75, 3.05) is 5.43 Å². The highest BCUT2D eigenvalue weighted by Crippen LogP contribution is 2.27. The van der Waals surface area contributed by atoms with Crippen molar-refractivity contribution >= 4 is 16.8 Å². The van der Waals surface area contributed by atoms with Gasteiger partial charge in [0, 0.05) is 17.9 Å². The first-order valence-corrected chi connectivity index (χ1v) is 6.60. The van der Waals surface area contributed by atoms with Gasteiger partial charge in [-0.1, -0.05) is 42.5 Å². The molecule has 3 aromatic rings. The van der Waals surface area contributed by atoms with Crippen LogP contribution < -0.4 is 5.43 Å². The van der Waals surface area contributed by atoms with Gasteiger partial charge >= 0.3 is 0 Å². The summed E-state index contributed by atoms with van der Waals surface area (Å²) in [4.78, 5) is 11.5. The lowest BCUT2D eigenvalue weighted by Gasteiger charge is -2.11. The highest BCUT2D eigenvalue weighted by molar-refractivity contribution is 5.91. The Hall–Kier alpha value is -2.55. The number of carbonyl (C=O) groups excluding carboxylic acids is 1. The Bertz CT molecular complexity index is 772. The van der Waals surface area contributed by atoms with Crippen LogP contribution >= 0.6 is 0 Å². The lowest BCUT2D eigenvalue weighted by atomic mass is 10.1. The standard InChI is InChI=1S/C17H16N2O/c1-12-8-9-15-11-17(14-6-4-3-5-7-14)19(16(15)10-12)18-13(2)20/h3-11H,1-2H3,(H,18,20). The van der Waals surface area contributed by atoms with Crippen LogP contribution in [0.1, 0.15) is 12.5 Å². The minimum Gasteiger partial charge on any atom is -0.274 e. The van der Waals surface area contributed by atoms with E-state index in [-0.39, 0.29) is 5.91 Å². The molecule has 0 bridgehead atoms. The molecule has 100 valence electrons. The van der Waals surface area contributed by atoms with Crippen molar-refractivity contribution in [1.29, 1.82) is 0 Å². The number of nitrogens with zero attached hydrogens (tertiary/aromatic N) is 1. The fourth-order valence-electron chi connectivity index (χ4n) is 2.41. The largest absolute Gasteiger partial charge is 0.274 e. The first-order chi connectivity index (χ1) is 9.65. The van der Waals surface area contributed by atoms with E-state index in [0.29, 0.717) is 0 Å². The van der Waals surface area contributed by atoms with Crippen molar-refractivity contribution in [2.24, 2.45) is 0 Å². The zero-order valence-electron chi connectivity index (χ0n) is 11.6. The highest BCUT2D eigenvalue weighted by Gasteiger charge is 2.11. The summed E-state index contributed by atoms with van der Waals surface area (Å²) in [6, 6.07) is 18.4. The molecule has 0 aliphatic carbocycles. The maximum absolute atomic E-state index is 11.5. The Morgan fingerprint density at radius 1 is 1.05 bits per heavy atom. The predicted molar refractivity (Wildman–Crippen MR) is 82.2 cm³/mol. The summed E-state index contributed by atoms with van der Waals surface area (Å²) in [5, 5.41) is 1.11. The fraction of sp³-hybridized carbons (Fsp3) is 0.118. The van der Waals surface area contributed by atoms with Crippen LogP contribution in [0.2, 0.25) is 0 Å². The van der Waals surface area contributed by atoms with Crippen molar-refractivity contribution in [1.82, 2.24) is 4.68 Å². The summed E-state index contributed by atoms with van der Waals surface area (Å²) < 4.78 is 1.86. The Morgan fingerprint density at radius 3 is 2.50 bits per heavy atom. The van der Waals surface area contributed by atoms with E-state index in [1.165, 1.54) is 12.5 Å². The predicted octanol–water partition coefficient (Wildman–Crippen LogP) is 3.71. The molecule has 2 aromatic carbocycles. The SMILES string of the molecule is CC(=O)Nn1c(-c2ccccc2)cc2ccc(C)cc21. The normalized spacial score (nSPS) is 10.7. The molecular weight excluding hydrogens is 248 g/mol. The van der Waals surface area contributed by atoms with Crippen LogP contribution in [0.15, 0.2) is 54.6 Å². The lowest BCUT2D eigenvalue weighted by molar-refractivity contribution is -0.115. The number of benzene rings is 2.